The number of benzene rings is 2. The van der Waals surface area contributed by atoms with Gasteiger partial charge in [-0.2, -0.15) is 4.31 Å². The molecule has 168 valence electrons. The molecule has 2 rings (SSSR count). The number of nitrogens with one attached hydrogen (secondary N) is 1. The van der Waals surface area contributed by atoms with Crippen LogP contribution in [0.15, 0.2) is 53.4 Å². The zero-order valence-corrected chi connectivity index (χ0v) is 19.2. The third-order valence-electron chi connectivity index (χ3n) is 4.62. The van der Waals surface area contributed by atoms with Crippen molar-refractivity contribution in [3.05, 3.63) is 59.7 Å². The van der Waals surface area contributed by atoms with Crippen molar-refractivity contribution in [3.8, 4) is 0 Å². The minimum Gasteiger partial charge on any atom is -0.462 e. The lowest BCUT2D eigenvalue weighted by molar-refractivity contribution is 0.0459. The van der Waals surface area contributed by atoms with Gasteiger partial charge in [-0.1, -0.05) is 33.8 Å². The fraction of sp³-hybridized carbons (Fsp3) is 0.391. The second-order valence-electron chi connectivity index (χ2n) is 7.46. The molecule has 0 aromatic heterocycles. The van der Waals surface area contributed by atoms with E-state index in [-0.39, 0.29) is 23.1 Å². The van der Waals surface area contributed by atoms with E-state index in [0.717, 1.165) is 0 Å². The summed E-state index contributed by atoms with van der Waals surface area (Å²) >= 11 is 0. The van der Waals surface area contributed by atoms with Crippen LogP contribution in [0.1, 0.15) is 48.4 Å². The van der Waals surface area contributed by atoms with E-state index >= 15 is 0 Å². The van der Waals surface area contributed by atoms with Crippen molar-refractivity contribution in [3.63, 3.8) is 0 Å². The number of rotatable bonds is 11. The number of esters is 1. The molecular formula is C23H30N2O5S. The maximum atomic E-state index is 12.5. The number of carbonyl (C=O) groups excluding carboxylic acids is 2. The SMILES string of the molecule is CCN(CC)S(=O)(=O)c1ccc(C(=O)CNc2cccc(C(=O)OCC(C)C)c2)cc1. The number of Topliss-reactive ketones (excluding diaryl/α,β-unsaturated/α-hetero) is 1. The standard InChI is InChI=1S/C23H30N2O5S/c1-5-25(6-2)31(28,29)21-12-10-18(11-13-21)22(26)15-24-20-9-7-8-19(14-20)23(27)30-16-17(3)4/h7-14,17,24H,5-6,15-16H2,1-4H3. The largest absolute Gasteiger partial charge is 0.462 e. The molecular weight excluding hydrogens is 416 g/mol. The highest BCUT2D eigenvalue weighted by molar-refractivity contribution is 7.89. The monoisotopic (exact) mass is 446 g/mol. The van der Waals surface area contributed by atoms with E-state index < -0.39 is 16.0 Å². The molecule has 0 aliphatic carbocycles. The topological polar surface area (TPSA) is 92.8 Å². The van der Waals surface area contributed by atoms with Gasteiger partial charge in [-0.05, 0) is 48.4 Å². The molecule has 31 heavy (non-hydrogen) atoms. The van der Waals surface area contributed by atoms with Crippen LogP contribution in [0.3, 0.4) is 0 Å². The Balaban J connectivity index is 2.02. The maximum Gasteiger partial charge on any atom is 0.338 e. The molecule has 0 aliphatic rings. The first-order valence-corrected chi connectivity index (χ1v) is 11.8. The van der Waals surface area contributed by atoms with Crippen molar-refractivity contribution < 1.29 is 22.7 Å². The summed E-state index contributed by atoms with van der Waals surface area (Å²) in [5.41, 5.74) is 1.43. The Hall–Kier alpha value is -2.71. The Labute approximate surface area is 184 Å². The summed E-state index contributed by atoms with van der Waals surface area (Å²) in [6.45, 7) is 8.60. The first-order valence-electron chi connectivity index (χ1n) is 10.3. The number of hydrogen-bond acceptors (Lipinski definition) is 6. The van der Waals surface area contributed by atoms with E-state index in [2.05, 4.69) is 5.32 Å². The molecule has 0 aliphatic heterocycles. The van der Waals surface area contributed by atoms with E-state index in [9.17, 15) is 18.0 Å². The molecule has 0 saturated heterocycles. The molecule has 2 aromatic carbocycles. The Morgan fingerprint density at radius 2 is 1.65 bits per heavy atom. The van der Waals surface area contributed by atoms with Crippen LogP contribution >= 0.6 is 0 Å². The molecule has 2 aromatic rings. The normalized spacial score (nSPS) is 11.5. The predicted octanol–water partition coefficient (Wildman–Crippen LogP) is 3.82. The van der Waals surface area contributed by atoms with Gasteiger partial charge >= 0.3 is 5.97 Å². The second kappa shape index (κ2) is 11.1. The first-order chi connectivity index (χ1) is 14.7. The van der Waals surface area contributed by atoms with Gasteiger partial charge in [-0.25, -0.2) is 13.2 Å². The number of sulfonamides is 1. The number of nitrogens with zero attached hydrogens (tertiary/aromatic N) is 1. The fourth-order valence-electron chi connectivity index (χ4n) is 2.89. The average Bonchev–Trinajstić information content (AvgIpc) is 2.76. The number of ether oxygens (including phenoxy) is 1. The summed E-state index contributed by atoms with van der Waals surface area (Å²) < 4.78 is 31.7. The molecule has 0 fully saturated rings. The first kappa shape index (κ1) is 24.6. The highest BCUT2D eigenvalue weighted by atomic mass is 32.2. The van der Waals surface area contributed by atoms with E-state index in [1.807, 2.05) is 13.8 Å². The van der Waals surface area contributed by atoms with Gasteiger partial charge in [0.15, 0.2) is 5.78 Å². The van der Waals surface area contributed by atoms with Crippen LogP contribution in [0.25, 0.3) is 0 Å². The number of ketones is 1. The van der Waals surface area contributed by atoms with Crippen molar-refractivity contribution in [2.45, 2.75) is 32.6 Å². The van der Waals surface area contributed by atoms with Crippen molar-refractivity contribution in [1.82, 2.24) is 4.31 Å². The molecule has 0 heterocycles. The molecule has 1 N–H and O–H groups in total. The molecule has 0 spiro atoms. The Bertz CT molecular complexity index is 997. The van der Waals surface area contributed by atoms with E-state index in [1.165, 1.54) is 28.6 Å². The molecule has 0 bridgehead atoms. The van der Waals surface area contributed by atoms with Crippen molar-refractivity contribution in [1.29, 1.82) is 0 Å². The zero-order chi connectivity index (χ0) is 23.0. The van der Waals surface area contributed by atoms with Crippen LogP contribution in [-0.2, 0) is 14.8 Å². The van der Waals surface area contributed by atoms with Gasteiger partial charge in [0.25, 0.3) is 0 Å². The quantitative estimate of drug-likeness (QED) is 0.417. The average molecular weight is 447 g/mol. The molecule has 0 atom stereocenters. The molecule has 0 amide bonds. The van der Waals surface area contributed by atoms with Crippen molar-refractivity contribution in [2.75, 3.05) is 31.6 Å². The molecule has 0 saturated carbocycles. The highest BCUT2D eigenvalue weighted by Crippen LogP contribution is 2.17. The number of hydrogen-bond donors (Lipinski definition) is 1. The number of anilines is 1. The zero-order valence-electron chi connectivity index (χ0n) is 18.4. The molecule has 8 heteroatoms. The third kappa shape index (κ3) is 6.63. The molecule has 0 unspecified atom stereocenters. The lowest BCUT2D eigenvalue weighted by atomic mass is 10.1. The van der Waals surface area contributed by atoms with E-state index in [0.29, 0.717) is 36.5 Å². The minimum atomic E-state index is -3.56. The summed E-state index contributed by atoms with van der Waals surface area (Å²) in [6.07, 6.45) is 0. The Morgan fingerprint density at radius 3 is 2.23 bits per heavy atom. The minimum absolute atomic E-state index is 0.00658. The van der Waals surface area contributed by atoms with Gasteiger partial charge in [0, 0.05) is 24.3 Å². The lowest BCUT2D eigenvalue weighted by Gasteiger charge is -2.18. The summed E-state index contributed by atoms with van der Waals surface area (Å²) in [5.74, 6) is -0.357. The Morgan fingerprint density at radius 1 is 1.00 bits per heavy atom. The fourth-order valence-corrected chi connectivity index (χ4v) is 4.35. The lowest BCUT2D eigenvalue weighted by Crippen LogP contribution is -2.30. The van der Waals surface area contributed by atoms with E-state index in [1.54, 1.807) is 38.1 Å². The van der Waals surface area contributed by atoms with Crippen molar-refractivity contribution >= 4 is 27.5 Å². The molecule has 0 radical (unpaired) electrons. The van der Waals surface area contributed by atoms with E-state index in [4.69, 9.17) is 4.74 Å². The van der Waals surface area contributed by atoms with Crippen LogP contribution in [0, 0.1) is 5.92 Å². The highest BCUT2D eigenvalue weighted by Gasteiger charge is 2.21. The van der Waals surface area contributed by atoms with Gasteiger partial charge in [-0.3, -0.25) is 4.79 Å². The van der Waals surface area contributed by atoms with Crippen LogP contribution in [0.4, 0.5) is 5.69 Å². The van der Waals surface area contributed by atoms with Gasteiger partial charge < -0.3 is 10.1 Å². The van der Waals surface area contributed by atoms with Crippen LogP contribution in [0.5, 0.6) is 0 Å². The summed E-state index contributed by atoms with van der Waals surface area (Å²) in [6, 6.07) is 12.7. The number of carbonyl (C=O) groups is 2. The van der Waals surface area contributed by atoms with Gasteiger partial charge in [0.05, 0.1) is 23.6 Å². The van der Waals surface area contributed by atoms with Gasteiger partial charge in [0.1, 0.15) is 0 Å². The van der Waals surface area contributed by atoms with Crippen LogP contribution < -0.4 is 5.32 Å². The maximum absolute atomic E-state index is 12.5. The summed E-state index contributed by atoms with van der Waals surface area (Å²) in [4.78, 5) is 24.8. The smallest absolute Gasteiger partial charge is 0.338 e. The third-order valence-corrected chi connectivity index (χ3v) is 6.68. The van der Waals surface area contributed by atoms with Crippen molar-refractivity contribution in [2.24, 2.45) is 5.92 Å². The van der Waals surface area contributed by atoms with Gasteiger partial charge in [0.2, 0.25) is 10.0 Å². The summed E-state index contributed by atoms with van der Waals surface area (Å²) in [5, 5.41) is 3.00. The van der Waals surface area contributed by atoms with Crippen LogP contribution in [0.2, 0.25) is 0 Å². The van der Waals surface area contributed by atoms with Crippen LogP contribution in [-0.4, -0.2) is 50.7 Å². The second-order valence-corrected chi connectivity index (χ2v) is 9.40. The molecule has 7 nitrogen and oxygen atoms in total. The van der Waals surface area contributed by atoms with Gasteiger partial charge in [-0.15, -0.1) is 0 Å². The summed E-state index contributed by atoms with van der Waals surface area (Å²) in [7, 11) is -3.56. The predicted molar refractivity (Wildman–Crippen MR) is 121 cm³/mol. The Kier molecular flexibility index (Phi) is 8.76.